The molecule has 0 atom stereocenters. The molecule has 0 aliphatic carbocycles. The predicted molar refractivity (Wildman–Crippen MR) is 125 cm³/mol. The van der Waals surface area contributed by atoms with E-state index in [1.807, 2.05) is 6.92 Å². The van der Waals surface area contributed by atoms with E-state index >= 15 is 0 Å². The summed E-state index contributed by atoms with van der Waals surface area (Å²) in [6, 6.07) is 19.2. The molecule has 0 aromatic heterocycles. The Bertz CT molecular complexity index is 1230. The molecule has 3 aromatic carbocycles. The van der Waals surface area contributed by atoms with Gasteiger partial charge in [0.1, 0.15) is 17.2 Å². The topological polar surface area (TPSA) is 67.9 Å². The van der Waals surface area contributed by atoms with Crippen LogP contribution in [-0.4, -0.2) is 26.0 Å². The second-order valence-corrected chi connectivity index (χ2v) is 7.62. The highest BCUT2D eigenvalue weighted by Crippen LogP contribution is 2.38. The number of rotatable bonds is 6. The number of carbonyl (C=O) groups is 2. The zero-order valence-electron chi connectivity index (χ0n) is 17.8. The van der Waals surface area contributed by atoms with Gasteiger partial charge in [-0.15, -0.1) is 0 Å². The Balaban J connectivity index is 1.85. The number of para-hydroxylation sites is 2. The Hall–Kier alpha value is -3.77. The normalized spacial score (nSPS) is 13.6. The van der Waals surface area contributed by atoms with E-state index in [9.17, 15) is 9.59 Å². The molecule has 1 aliphatic heterocycles. The predicted octanol–water partition coefficient (Wildman–Crippen LogP) is 5.06. The molecule has 1 N–H and O–H groups in total. The van der Waals surface area contributed by atoms with Crippen molar-refractivity contribution in [3.63, 3.8) is 0 Å². The van der Waals surface area contributed by atoms with Crippen molar-refractivity contribution in [2.45, 2.75) is 6.92 Å². The van der Waals surface area contributed by atoms with Gasteiger partial charge in [-0.3, -0.25) is 9.59 Å². The summed E-state index contributed by atoms with van der Waals surface area (Å²) in [6.07, 6.45) is 0. The van der Waals surface area contributed by atoms with Gasteiger partial charge in [-0.05, 0) is 60.5 Å². The van der Waals surface area contributed by atoms with Crippen molar-refractivity contribution < 1.29 is 19.1 Å². The summed E-state index contributed by atoms with van der Waals surface area (Å²) in [5, 5.41) is 3.75. The second-order valence-electron chi connectivity index (χ2n) is 7.18. The van der Waals surface area contributed by atoms with Crippen molar-refractivity contribution >= 4 is 40.4 Å². The monoisotopic (exact) mass is 448 g/mol. The van der Waals surface area contributed by atoms with Crippen LogP contribution >= 0.6 is 11.6 Å². The lowest BCUT2D eigenvalue weighted by Gasteiger charge is -2.18. The Morgan fingerprint density at radius 2 is 1.59 bits per heavy atom. The third-order valence-electron chi connectivity index (χ3n) is 5.24. The van der Waals surface area contributed by atoms with Crippen molar-refractivity contribution in [1.29, 1.82) is 0 Å². The summed E-state index contributed by atoms with van der Waals surface area (Å²) in [5.41, 5.74) is 2.93. The van der Waals surface area contributed by atoms with E-state index in [2.05, 4.69) is 5.32 Å². The average Bonchev–Trinajstić information content (AvgIpc) is 3.04. The zero-order chi connectivity index (χ0) is 22.8. The van der Waals surface area contributed by atoms with E-state index in [4.69, 9.17) is 21.1 Å². The lowest BCUT2D eigenvalue weighted by atomic mass is 10.0. The standard InChI is InChI=1S/C25H21ClN2O4/c1-15-14-17(26)10-13-19(15)27-23-22(16-8-11-18(31-2)12-9-16)24(29)28(25(23)30)20-6-4-5-7-21(20)32-3/h4-14,27H,1-3H3. The Morgan fingerprint density at radius 3 is 2.25 bits per heavy atom. The van der Waals surface area contributed by atoms with Gasteiger partial charge in [0.05, 0.1) is 25.5 Å². The lowest BCUT2D eigenvalue weighted by molar-refractivity contribution is -0.120. The minimum Gasteiger partial charge on any atom is -0.497 e. The number of methoxy groups -OCH3 is 2. The molecule has 6 nitrogen and oxygen atoms in total. The second kappa shape index (κ2) is 8.77. The highest BCUT2D eigenvalue weighted by atomic mass is 35.5. The van der Waals surface area contributed by atoms with Gasteiger partial charge in [0.15, 0.2) is 0 Å². The molecule has 0 fully saturated rings. The van der Waals surface area contributed by atoms with Crippen LogP contribution in [0.2, 0.25) is 5.02 Å². The fourth-order valence-corrected chi connectivity index (χ4v) is 3.83. The van der Waals surface area contributed by atoms with Crippen molar-refractivity contribution in [3.05, 3.63) is 88.6 Å². The van der Waals surface area contributed by atoms with Crippen molar-refractivity contribution in [1.82, 2.24) is 0 Å². The van der Waals surface area contributed by atoms with Crippen molar-refractivity contribution in [3.8, 4) is 11.5 Å². The molecule has 32 heavy (non-hydrogen) atoms. The third-order valence-corrected chi connectivity index (χ3v) is 5.47. The fraction of sp³-hybridized carbons (Fsp3) is 0.120. The number of anilines is 2. The van der Waals surface area contributed by atoms with Crippen LogP contribution in [0.1, 0.15) is 11.1 Å². The SMILES string of the molecule is COc1ccc(C2=C(Nc3ccc(Cl)cc3C)C(=O)N(c3ccccc3OC)C2=O)cc1. The van der Waals surface area contributed by atoms with E-state index in [0.29, 0.717) is 33.5 Å². The molecular formula is C25H21ClN2O4. The molecule has 1 heterocycles. The van der Waals surface area contributed by atoms with Gasteiger partial charge in [-0.25, -0.2) is 4.90 Å². The Kier molecular flexibility index (Phi) is 5.88. The van der Waals surface area contributed by atoms with Crippen molar-refractivity contribution in [2.75, 3.05) is 24.4 Å². The first-order valence-electron chi connectivity index (χ1n) is 9.88. The van der Waals surface area contributed by atoms with Gasteiger partial charge in [0.25, 0.3) is 11.8 Å². The first kappa shape index (κ1) is 21.5. The first-order valence-corrected chi connectivity index (χ1v) is 10.3. The maximum Gasteiger partial charge on any atom is 0.282 e. The number of amides is 2. The van der Waals surface area contributed by atoms with E-state index in [-0.39, 0.29) is 11.3 Å². The summed E-state index contributed by atoms with van der Waals surface area (Å²) in [6.45, 7) is 1.88. The van der Waals surface area contributed by atoms with Gasteiger partial charge in [0, 0.05) is 10.7 Å². The van der Waals surface area contributed by atoms with Crippen LogP contribution < -0.4 is 19.7 Å². The molecule has 0 spiro atoms. The van der Waals surface area contributed by atoms with Crippen LogP contribution in [0.4, 0.5) is 11.4 Å². The van der Waals surface area contributed by atoms with E-state index in [1.54, 1.807) is 73.8 Å². The number of hydrogen-bond acceptors (Lipinski definition) is 5. The summed E-state index contributed by atoms with van der Waals surface area (Å²) in [7, 11) is 3.07. The van der Waals surface area contributed by atoms with Gasteiger partial charge >= 0.3 is 0 Å². The molecular weight excluding hydrogens is 428 g/mol. The lowest BCUT2D eigenvalue weighted by Crippen LogP contribution is -2.32. The number of halogens is 1. The van der Waals surface area contributed by atoms with Gasteiger partial charge in [0.2, 0.25) is 0 Å². The van der Waals surface area contributed by atoms with Crippen LogP contribution in [0.5, 0.6) is 11.5 Å². The minimum atomic E-state index is -0.473. The number of ether oxygens (including phenoxy) is 2. The molecule has 4 rings (SSSR count). The molecule has 1 aliphatic rings. The summed E-state index contributed by atoms with van der Waals surface area (Å²) in [4.78, 5) is 28.3. The number of hydrogen-bond donors (Lipinski definition) is 1. The minimum absolute atomic E-state index is 0.177. The molecule has 7 heteroatoms. The van der Waals surface area contributed by atoms with Crippen LogP contribution in [0.3, 0.4) is 0 Å². The Morgan fingerprint density at radius 1 is 0.875 bits per heavy atom. The Labute approximate surface area is 191 Å². The highest BCUT2D eigenvalue weighted by Gasteiger charge is 2.41. The maximum atomic E-state index is 13.6. The van der Waals surface area contributed by atoms with E-state index < -0.39 is 11.8 Å². The fourth-order valence-electron chi connectivity index (χ4n) is 3.61. The van der Waals surface area contributed by atoms with Gasteiger partial charge in [-0.2, -0.15) is 0 Å². The molecule has 2 amide bonds. The van der Waals surface area contributed by atoms with Crippen molar-refractivity contribution in [2.24, 2.45) is 0 Å². The molecule has 0 unspecified atom stereocenters. The molecule has 0 saturated carbocycles. The quantitative estimate of drug-likeness (QED) is 0.534. The third kappa shape index (κ3) is 3.81. The van der Waals surface area contributed by atoms with E-state index in [1.165, 1.54) is 7.11 Å². The number of benzene rings is 3. The summed E-state index contributed by atoms with van der Waals surface area (Å²) < 4.78 is 10.6. The van der Waals surface area contributed by atoms with Crippen LogP contribution in [0.25, 0.3) is 5.57 Å². The molecule has 0 radical (unpaired) electrons. The zero-order valence-corrected chi connectivity index (χ0v) is 18.6. The number of imide groups is 1. The summed E-state index contributed by atoms with van der Waals surface area (Å²) >= 11 is 6.08. The molecule has 3 aromatic rings. The average molecular weight is 449 g/mol. The molecule has 0 saturated heterocycles. The van der Waals surface area contributed by atoms with Crippen LogP contribution in [0, 0.1) is 6.92 Å². The first-order chi connectivity index (χ1) is 15.4. The number of nitrogens with zero attached hydrogens (tertiary/aromatic N) is 1. The summed E-state index contributed by atoms with van der Waals surface area (Å²) in [5.74, 6) is 0.154. The molecule has 0 bridgehead atoms. The number of carbonyl (C=O) groups excluding carboxylic acids is 2. The number of aryl methyl sites for hydroxylation is 1. The maximum absolute atomic E-state index is 13.6. The number of nitrogens with one attached hydrogen (secondary N) is 1. The largest absolute Gasteiger partial charge is 0.497 e. The van der Waals surface area contributed by atoms with Crippen LogP contribution in [0.15, 0.2) is 72.4 Å². The van der Waals surface area contributed by atoms with Crippen LogP contribution in [-0.2, 0) is 9.59 Å². The van der Waals surface area contributed by atoms with Gasteiger partial charge in [-0.1, -0.05) is 35.9 Å². The molecule has 162 valence electrons. The van der Waals surface area contributed by atoms with E-state index in [0.717, 1.165) is 10.5 Å². The highest BCUT2D eigenvalue weighted by molar-refractivity contribution is 6.46. The smallest absolute Gasteiger partial charge is 0.282 e. The van der Waals surface area contributed by atoms with Gasteiger partial charge < -0.3 is 14.8 Å².